The van der Waals surface area contributed by atoms with E-state index in [-0.39, 0.29) is 12.1 Å². The van der Waals surface area contributed by atoms with Crippen LogP contribution in [0.15, 0.2) is 57.5 Å². The van der Waals surface area contributed by atoms with Gasteiger partial charge in [0.25, 0.3) is 5.56 Å². The van der Waals surface area contributed by atoms with E-state index in [1.807, 2.05) is 44.2 Å². The molecular weight excluding hydrogens is 380 g/mol. The lowest BCUT2D eigenvalue weighted by atomic mass is 10.1. The van der Waals surface area contributed by atoms with Crippen molar-refractivity contribution < 1.29 is 0 Å². The number of aliphatic imine (C=N–C) groups is 2. The van der Waals surface area contributed by atoms with E-state index in [9.17, 15) is 4.79 Å². The summed E-state index contributed by atoms with van der Waals surface area (Å²) in [6.07, 6.45) is 3.59. The fourth-order valence-electron chi connectivity index (χ4n) is 3.62. The predicted octanol–water partition coefficient (Wildman–Crippen LogP) is 2.04. The van der Waals surface area contributed by atoms with E-state index >= 15 is 0 Å². The highest BCUT2D eigenvalue weighted by molar-refractivity contribution is 6.02. The third kappa shape index (κ3) is 3.00. The summed E-state index contributed by atoms with van der Waals surface area (Å²) >= 11 is 0. The van der Waals surface area contributed by atoms with Gasteiger partial charge in [-0.1, -0.05) is 12.1 Å². The minimum atomic E-state index is -0.156. The topological polar surface area (TPSA) is 108 Å². The van der Waals surface area contributed by atoms with Crippen molar-refractivity contribution in [3.8, 4) is 0 Å². The molecule has 4 aromatic rings. The van der Waals surface area contributed by atoms with Gasteiger partial charge in [-0.2, -0.15) is 9.77 Å². The molecule has 2 N–H and O–H groups in total. The Hall–Kier alpha value is -4.01. The third-order valence-electron chi connectivity index (χ3n) is 5.01. The van der Waals surface area contributed by atoms with Gasteiger partial charge < -0.3 is 5.73 Å². The van der Waals surface area contributed by atoms with Crippen LogP contribution in [-0.4, -0.2) is 43.7 Å². The van der Waals surface area contributed by atoms with Crippen LogP contribution in [0.2, 0.25) is 0 Å². The van der Waals surface area contributed by atoms with Gasteiger partial charge in [0.2, 0.25) is 0 Å². The van der Waals surface area contributed by atoms with Crippen LogP contribution in [0.4, 0.5) is 5.82 Å². The molecule has 0 unspecified atom stereocenters. The quantitative estimate of drug-likeness (QED) is 0.407. The Labute approximate surface area is 172 Å². The second kappa shape index (κ2) is 7.43. The van der Waals surface area contributed by atoms with Crippen LogP contribution in [0.1, 0.15) is 22.6 Å². The maximum atomic E-state index is 13.4. The monoisotopic (exact) mass is 402 g/mol. The highest BCUT2D eigenvalue weighted by atomic mass is 16.1. The average Bonchev–Trinajstić information content (AvgIpc) is 3.35. The van der Waals surface area contributed by atoms with Crippen LogP contribution >= 0.6 is 0 Å². The highest BCUT2D eigenvalue weighted by Gasteiger charge is 2.20. The van der Waals surface area contributed by atoms with Crippen molar-refractivity contribution in [3.63, 3.8) is 0 Å². The number of aryl methyl sites for hydroxylation is 2. The molecule has 0 aliphatic carbocycles. The Morgan fingerprint density at radius 2 is 1.93 bits per heavy atom. The first kappa shape index (κ1) is 19.3. The number of nitrogens with two attached hydrogens (primary N) is 1. The molecule has 0 spiro atoms. The Morgan fingerprint density at radius 3 is 2.60 bits per heavy atom. The fourth-order valence-corrected chi connectivity index (χ4v) is 3.62. The molecule has 0 saturated heterocycles. The molecule has 0 saturated carbocycles. The minimum Gasteiger partial charge on any atom is -0.383 e. The van der Waals surface area contributed by atoms with Gasteiger partial charge in [-0.15, -0.1) is 0 Å². The molecule has 0 radical (unpaired) electrons. The van der Waals surface area contributed by atoms with Gasteiger partial charge >= 0.3 is 0 Å². The molecule has 0 atom stereocenters. The second-order valence-corrected chi connectivity index (χ2v) is 6.89. The summed E-state index contributed by atoms with van der Waals surface area (Å²) in [5.74, 6) is 1.31. The zero-order chi connectivity index (χ0) is 21.4. The molecule has 0 aliphatic heterocycles. The fraction of sp³-hybridized carbons (Fsp3) is 0.190. The lowest BCUT2D eigenvalue weighted by Gasteiger charge is -2.15. The largest absolute Gasteiger partial charge is 0.383 e. The third-order valence-corrected chi connectivity index (χ3v) is 5.01. The highest BCUT2D eigenvalue weighted by Crippen LogP contribution is 2.23. The van der Waals surface area contributed by atoms with Crippen molar-refractivity contribution in [1.82, 2.24) is 24.1 Å². The number of aromatic nitrogens is 5. The molecule has 30 heavy (non-hydrogen) atoms. The summed E-state index contributed by atoms with van der Waals surface area (Å²) in [6, 6.07) is 9.33. The summed E-state index contributed by atoms with van der Waals surface area (Å²) in [4.78, 5) is 26.4. The maximum absolute atomic E-state index is 13.4. The van der Waals surface area contributed by atoms with E-state index in [2.05, 4.69) is 21.8 Å². The van der Waals surface area contributed by atoms with Crippen LogP contribution in [-0.2, 0) is 6.54 Å². The van der Waals surface area contributed by atoms with Crippen molar-refractivity contribution in [2.24, 2.45) is 15.7 Å². The Balaban J connectivity index is 1.98. The molecule has 4 rings (SSSR count). The van der Waals surface area contributed by atoms with Gasteiger partial charge in [-0.25, -0.2) is 14.7 Å². The molecule has 1 aromatic carbocycles. The van der Waals surface area contributed by atoms with Gasteiger partial charge in [0.1, 0.15) is 12.4 Å². The van der Waals surface area contributed by atoms with E-state index < -0.39 is 0 Å². The lowest BCUT2D eigenvalue weighted by molar-refractivity contribution is 0.543. The smallest absolute Gasteiger partial charge is 0.281 e. The zero-order valence-electron chi connectivity index (χ0n) is 17.1. The summed E-state index contributed by atoms with van der Waals surface area (Å²) in [5.41, 5.74) is 8.68. The van der Waals surface area contributed by atoms with Crippen molar-refractivity contribution in [2.45, 2.75) is 20.4 Å². The number of hydrogen-bond acceptors (Lipinski definition) is 5. The molecule has 3 aromatic heterocycles. The number of rotatable bonds is 5. The second-order valence-electron chi connectivity index (χ2n) is 6.89. The van der Waals surface area contributed by atoms with Crippen molar-refractivity contribution in [3.05, 3.63) is 75.7 Å². The molecule has 9 heteroatoms. The van der Waals surface area contributed by atoms with Gasteiger partial charge in [0.15, 0.2) is 11.6 Å². The molecule has 152 valence electrons. The van der Waals surface area contributed by atoms with Crippen LogP contribution in [0.3, 0.4) is 0 Å². The minimum absolute atomic E-state index is 0.156. The molecule has 0 bridgehead atoms. The number of amidine groups is 1. The van der Waals surface area contributed by atoms with E-state index in [1.165, 1.54) is 4.68 Å². The van der Waals surface area contributed by atoms with Crippen LogP contribution < -0.4 is 11.3 Å². The van der Waals surface area contributed by atoms with Gasteiger partial charge in [0, 0.05) is 19.4 Å². The SMILES string of the molecule is C=Nc1c(C(N)=NC)c(C)nn1Cc1nc2cccc(C)c2c(=O)n1-n1cccc1. The number of fused-ring (bicyclic) bond motifs is 1. The molecule has 0 amide bonds. The predicted molar refractivity (Wildman–Crippen MR) is 118 cm³/mol. The van der Waals surface area contributed by atoms with Gasteiger partial charge in [-0.05, 0) is 44.3 Å². The number of nitrogens with zero attached hydrogens (tertiary/aromatic N) is 7. The normalized spacial score (nSPS) is 11.9. The summed E-state index contributed by atoms with van der Waals surface area (Å²) in [5, 5.41) is 5.13. The van der Waals surface area contributed by atoms with Crippen molar-refractivity contribution >= 4 is 29.3 Å². The first-order valence-electron chi connectivity index (χ1n) is 9.38. The molecule has 0 fully saturated rings. The van der Waals surface area contributed by atoms with Crippen molar-refractivity contribution in [2.75, 3.05) is 7.05 Å². The summed E-state index contributed by atoms with van der Waals surface area (Å²) < 4.78 is 4.88. The van der Waals surface area contributed by atoms with E-state index in [0.29, 0.717) is 39.6 Å². The first-order valence-corrected chi connectivity index (χ1v) is 9.38. The molecule has 3 heterocycles. The molecule has 0 aliphatic rings. The van der Waals surface area contributed by atoms with Gasteiger partial charge in [-0.3, -0.25) is 14.5 Å². The number of hydrogen-bond donors (Lipinski definition) is 1. The maximum Gasteiger partial charge on any atom is 0.281 e. The van der Waals surface area contributed by atoms with E-state index in [0.717, 1.165) is 5.56 Å². The van der Waals surface area contributed by atoms with Crippen LogP contribution in [0.25, 0.3) is 10.9 Å². The Morgan fingerprint density at radius 1 is 1.20 bits per heavy atom. The Bertz CT molecular complexity index is 1340. The average molecular weight is 402 g/mol. The summed E-state index contributed by atoms with van der Waals surface area (Å²) in [6.45, 7) is 7.59. The lowest BCUT2D eigenvalue weighted by Crippen LogP contribution is -2.31. The zero-order valence-corrected chi connectivity index (χ0v) is 17.1. The summed E-state index contributed by atoms with van der Waals surface area (Å²) in [7, 11) is 1.61. The molecule has 9 nitrogen and oxygen atoms in total. The van der Waals surface area contributed by atoms with Gasteiger partial charge in [0.05, 0.1) is 22.2 Å². The van der Waals surface area contributed by atoms with Crippen LogP contribution in [0.5, 0.6) is 0 Å². The van der Waals surface area contributed by atoms with Crippen molar-refractivity contribution in [1.29, 1.82) is 0 Å². The van der Waals surface area contributed by atoms with Crippen LogP contribution in [0, 0.1) is 13.8 Å². The molecular formula is C21H22N8O. The standard InChI is InChI=1S/C21H22N8O/c1-13-8-7-9-15-17(13)21(30)29(27-10-5-6-11-27)16(25-15)12-28-20(24-4)18(14(2)26-28)19(22)23-3/h5-11H,4,12H2,1-3H3,(H2,22,23). The Kier molecular flexibility index (Phi) is 4.78. The first-order chi connectivity index (χ1) is 14.5. The number of benzene rings is 1. The van der Waals surface area contributed by atoms with E-state index in [1.54, 1.807) is 28.8 Å². The van der Waals surface area contributed by atoms with E-state index in [4.69, 9.17) is 10.7 Å².